The van der Waals surface area contributed by atoms with Gasteiger partial charge in [0.15, 0.2) is 0 Å². The second kappa shape index (κ2) is 4.28. The van der Waals surface area contributed by atoms with Crippen LogP contribution in [0.1, 0.15) is 0 Å². The van der Waals surface area contributed by atoms with Gasteiger partial charge in [0.25, 0.3) is 5.89 Å². The number of fused-ring (bicyclic) bond motifs is 1. The van der Waals surface area contributed by atoms with Gasteiger partial charge in [-0.25, -0.2) is 4.98 Å². The van der Waals surface area contributed by atoms with Crippen LogP contribution in [0.25, 0.3) is 33.2 Å². The second-order valence-electron chi connectivity index (χ2n) is 4.46. The molecule has 0 saturated carbocycles. The minimum Gasteiger partial charge on any atom is -0.334 e. The Kier molecular flexibility index (Phi) is 2.43. The first-order valence-corrected chi connectivity index (χ1v) is 6.98. The van der Waals surface area contributed by atoms with E-state index in [1.54, 1.807) is 17.7 Å². The van der Waals surface area contributed by atoms with E-state index in [4.69, 9.17) is 4.52 Å². The summed E-state index contributed by atoms with van der Waals surface area (Å²) < 4.78 is 7.28. The van der Waals surface area contributed by atoms with Crippen molar-refractivity contribution in [2.24, 2.45) is 7.05 Å². The van der Waals surface area contributed by atoms with E-state index in [2.05, 4.69) is 15.1 Å². The molecule has 0 aliphatic carbocycles. The summed E-state index contributed by atoms with van der Waals surface area (Å²) in [6.07, 6.45) is 1.79. The molecule has 0 spiro atoms. The first-order chi connectivity index (χ1) is 9.81. The standard InChI is InChI=1S/C14H10N4OS/c1-18-8-15-10-7-9(4-5-11(10)18)13-16-14(19-17-13)12-3-2-6-20-12/h2-8H,1H3. The van der Waals surface area contributed by atoms with E-state index in [1.807, 2.05) is 47.3 Å². The first-order valence-electron chi connectivity index (χ1n) is 6.10. The largest absolute Gasteiger partial charge is 0.334 e. The van der Waals surface area contributed by atoms with Gasteiger partial charge in [0.05, 0.1) is 22.2 Å². The van der Waals surface area contributed by atoms with Crippen molar-refractivity contribution < 1.29 is 4.52 Å². The van der Waals surface area contributed by atoms with Gasteiger partial charge < -0.3 is 9.09 Å². The van der Waals surface area contributed by atoms with Gasteiger partial charge in [-0.1, -0.05) is 11.2 Å². The van der Waals surface area contributed by atoms with Crippen molar-refractivity contribution in [1.29, 1.82) is 0 Å². The SMILES string of the molecule is Cn1cnc2cc(-c3noc(-c4cccs4)n3)ccc21. The topological polar surface area (TPSA) is 56.7 Å². The van der Waals surface area contributed by atoms with Crippen molar-refractivity contribution in [3.8, 4) is 22.2 Å². The molecule has 98 valence electrons. The Bertz CT molecular complexity index is 876. The summed E-state index contributed by atoms with van der Waals surface area (Å²) >= 11 is 1.58. The third-order valence-corrected chi connectivity index (χ3v) is 4.00. The fourth-order valence-corrected chi connectivity index (χ4v) is 2.76. The summed E-state index contributed by atoms with van der Waals surface area (Å²) in [5, 5.41) is 6.03. The minimum atomic E-state index is 0.552. The third-order valence-electron chi connectivity index (χ3n) is 3.14. The molecule has 0 aliphatic rings. The molecular formula is C14H10N4OS. The van der Waals surface area contributed by atoms with Crippen LogP contribution in [0, 0.1) is 0 Å². The van der Waals surface area contributed by atoms with Crippen molar-refractivity contribution in [2.75, 3.05) is 0 Å². The predicted molar refractivity (Wildman–Crippen MR) is 77.3 cm³/mol. The number of rotatable bonds is 2. The van der Waals surface area contributed by atoms with Crippen LogP contribution >= 0.6 is 11.3 Å². The third kappa shape index (κ3) is 1.73. The van der Waals surface area contributed by atoms with Crippen molar-refractivity contribution in [3.63, 3.8) is 0 Å². The van der Waals surface area contributed by atoms with Crippen LogP contribution < -0.4 is 0 Å². The molecule has 4 rings (SSSR count). The molecular weight excluding hydrogens is 272 g/mol. The number of aryl methyl sites for hydroxylation is 1. The van der Waals surface area contributed by atoms with Gasteiger partial charge in [0.1, 0.15) is 0 Å². The lowest BCUT2D eigenvalue weighted by Crippen LogP contribution is -1.85. The number of hydrogen-bond donors (Lipinski definition) is 0. The summed E-state index contributed by atoms with van der Waals surface area (Å²) in [7, 11) is 1.97. The summed E-state index contributed by atoms with van der Waals surface area (Å²) in [6.45, 7) is 0. The molecule has 1 aromatic carbocycles. The molecule has 5 nitrogen and oxygen atoms in total. The Morgan fingerprint density at radius 1 is 1.25 bits per heavy atom. The molecule has 3 heterocycles. The Morgan fingerprint density at radius 2 is 2.20 bits per heavy atom. The van der Waals surface area contributed by atoms with Crippen molar-refractivity contribution in [3.05, 3.63) is 42.0 Å². The van der Waals surface area contributed by atoms with E-state index in [0.717, 1.165) is 21.5 Å². The van der Waals surface area contributed by atoms with Crippen molar-refractivity contribution in [1.82, 2.24) is 19.7 Å². The van der Waals surface area contributed by atoms with Crippen LogP contribution in [0.5, 0.6) is 0 Å². The fraction of sp³-hybridized carbons (Fsp3) is 0.0714. The van der Waals surface area contributed by atoms with Gasteiger partial charge >= 0.3 is 0 Å². The zero-order valence-corrected chi connectivity index (χ0v) is 11.5. The van der Waals surface area contributed by atoms with E-state index in [0.29, 0.717) is 11.7 Å². The quantitative estimate of drug-likeness (QED) is 0.565. The Morgan fingerprint density at radius 3 is 3.05 bits per heavy atom. The molecule has 0 radical (unpaired) electrons. The maximum absolute atomic E-state index is 5.30. The van der Waals surface area contributed by atoms with Crippen LogP contribution in [0.2, 0.25) is 0 Å². The monoisotopic (exact) mass is 282 g/mol. The van der Waals surface area contributed by atoms with Crippen LogP contribution in [0.3, 0.4) is 0 Å². The molecule has 0 saturated heterocycles. The summed E-state index contributed by atoms with van der Waals surface area (Å²) in [5.74, 6) is 1.14. The number of aromatic nitrogens is 4. The number of imidazole rings is 1. The molecule has 0 aliphatic heterocycles. The Labute approximate surface area is 118 Å². The first kappa shape index (κ1) is 11.4. The average Bonchev–Trinajstić information content (AvgIpc) is 3.18. The molecule has 0 unspecified atom stereocenters. The highest BCUT2D eigenvalue weighted by atomic mass is 32.1. The van der Waals surface area contributed by atoms with E-state index in [-0.39, 0.29) is 0 Å². The number of benzene rings is 1. The molecule has 0 fully saturated rings. The molecule has 0 N–H and O–H groups in total. The number of nitrogens with zero attached hydrogens (tertiary/aromatic N) is 4. The molecule has 0 bridgehead atoms. The highest BCUT2D eigenvalue weighted by Crippen LogP contribution is 2.26. The second-order valence-corrected chi connectivity index (χ2v) is 5.41. The smallest absolute Gasteiger partial charge is 0.268 e. The van der Waals surface area contributed by atoms with E-state index in [1.165, 1.54) is 0 Å². The molecule has 0 atom stereocenters. The fourth-order valence-electron chi connectivity index (χ4n) is 2.12. The normalized spacial score (nSPS) is 11.2. The minimum absolute atomic E-state index is 0.552. The van der Waals surface area contributed by atoms with Crippen LogP contribution in [-0.2, 0) is 7.05 Å². The van der Waals surface area contributed by atoms with Gasteiger partial charge in [0.2, 0.25) is 5.82 Å². The van der Waals surface area contributed by atoms with E-state index >= 15 is 0 Å². The average molecular weight is 282 g/mol. The zero-order valence-electron chi connectivity index (χ0n) is 10.6. The van der Waals surface area contributed by atoms with Gasteiger partial charge in [0, 0.05) is 12.6 Å². The van der Waals surface area contributed by atoms with Crippen LogP contribution in [0.15, 0.2) is 46.6 Å². The van der Waals surface area contributed by atoms with Crippen molar-refractivity contribution in [2.45, 2.75) is 0 Å². The van der Waals surface area contributed by atoms with Crippen molar-refractivity contribution >= 4 is 22.4 Å². The van der Waals surface area contributed by atoms with Gasteiger partial charge in [-0.3, -0.25) is 0 Å². The summed E-state index contributed by atoms with van der Waals surface area (Å²) in [5.41, 5.74) is 2.91. The van der Waals surface area contributed by atoms with Crippen LogP contribution in [-0.4, -0.2) is 19.7 Å². The highest BCUT2D eigenvalue weighted by Gasteiger charge is 2.12. The van der Waals surface area contributed by atoms with E-state index in [9.17, 15) is 0 Å². The Hall–Kier alpha value is -2.47. The highest BCUT2D eigenvalue weighted by molar-refractivity contribution is 7.13. The molecule has 3 aromatic heterocycles. The summed E-state index contributed by atoms with van der Waals surface area (Å²) in [4.78, 5) is 9.75. The molecule has 4 aromatic rings. The van der Waals surface area contributed by atoms with E-state index < -0.39 is 0 Å². The van der Waals surface area contributed by atoms with Crippen LogP contribution in [0.4, 0.5) is 0 Å². The van der Waals surface area contributed by atoms with Gasteiger partial charge in [-0.2, -0.15) is 4.98 Å². The van der Waals surface area contributed by atoms with Gasteiger partial charge in [-0.15, -0.1) is 11.3 Å². The lowest BCUT2D eigenvalue weighted by Gasteiger charge is -1.96. The summed E-state index contributed by atoms with van der Waals surface area (Å²) in [6, 6.07) is 9.89. The Balaban J connectivity index is 1.79. The zero-order chi connectivity index (χ0) is 13.5. The number of hydrogen-bond acceptors (Lipinski definition) is 5. The molecule has 6 heteroatoms. The van der Waals surface area contributed by atoms with Gasteiger partial charge in [-0.05, 0) is 29.6 Å². The number of thiophene rings is 1. The maximum atomic E-state index is 5.30. The molecule has 20 heavy (non-hydrogen) atoms. The molecule has 0 amide bonds. The maximum Gasteiger partial charge on any atom is 0.268 e. The predicted octanol–water partition coefficient (Wildman–Crippen LogP) is 3.35. The lowest BCUT2D eigenvalue weighted by atomic mass is 10.2. The lowest BCUT2D eigenvalue weighted by molar-refractivity contribution is 0.433.